The maximum absolute atomic E-state index is 12.4. The van der Waals surface area contributed by atoms with Crippen molar-refractivity contribution in [2.24, 2.45) is 0 Å². The standard InChI is InChI=1S/C34H65NO4/c1-5-6-7-8-20-23-27-32(39-34(37)30-26-31-35(2)3)28-24-21-18-16-14-12-10-9-11-13-15-17-19-22-25-29-33(36)38-4/h9,11,32H,5-8,10,12-31H2,1-4H3/b11-9-. The van der Waals surface area contributed by atoms with E-state index in [1.165, 1.54) is 116 Å². The molecule has 0 N–H and O–H groups in total. The second-order valence-electron chi connectivity index (χ2n) is 11.6. The van der Waals surface area contributed by atoms with Crippen LogP contribution in [0.4, 0.5) is 0 Å². The van der Waals surface area contributed by atoms with E-state index in [2.05, 4.69) is 28.7 Å². The Bertz CT molecular complexity index is 576. The minimum absolute atomic E-state index is 0.00322. The van der Waals surface area contributed by atoms with Crippen LogP contribution in [0.1, 0.15) is 161 Å². The van der Waals surface area contributed by atoms with E-state index in [-0.39, 0.29) is 18.0 Å². The molecule has 0 rings (SSSR count). The molecule has 0 heterocycles. The Kier molecular flexibility index (Phi) is 28.6. The molecule has 0 aromatic heterocycles. The molecule has 5 nitrogen and oxygen atoms in total. The van der Waals surface area contributed by atoms with Gasteiger partial charge in [0.15, 0.2) is 0 Å². The summed E-state index contributed by atoms with van der Waals surface area (Å²) in [4.78, 5) is 25.5. The molecule has 5 heteroatoms. The number of hydrogen-bond donors (Lipinski definition) is 0. The van der Waals surface area contributed by atoms with E-state index in [1.807, 2.05) is 14.1 Å². The van der Waals surface area contributed by atoms with Gasteiger partial charge < -0.3 is 14.4 Å². The second-order valence-corrected chi connectivity index (χ2v) is 11.6. The first-order valence-electron chi connectivity index (χ1n) is 16.6. The van der Waals surface area contributed by atoms with Crippen molar-refractivity contribution >= 4 is 11.9 Å². The molecule has 0 aromatic rings. The van der Waals surface area contributed by atoms with Gasteiger partial charge in [0.25, 0.3) is 0 Å². The monoisotopic (exact) mass is 551 g/mol. The summed E-state index contributed by atoms with van der Waals surface area (Å²) in [7, 11) is 5.55. The molecule has 1 unspecified atom stereocenters. The van der Waals surface area contributed by atoms with Crippen molar-refractivity contribution in [1.82, 2.24) is 4.90 Å². The molecule has 0 bridgehead atoms. The van der Waals surface area contributed by atoms with Crippen LogP contribution < -0.4 is 0 Å². The third kappa shape index (κ3) is 29.4. The maximum Gasteiger partial charge on any atom is 0.306 e. The van der Waals surface area contributed by atoms with Gasteiger partial charge in [-0.3, -0.25) is 9.59 Å². The molecule has 230 valence electrons. The normalized spacial score (nSPS) is 12.3. The van der Waals surface area contributed by atoms with E-state index in [4.69, 9.17) is 4.74 Å². The average molecular weight is 552 g/mol. The molecule has 0 saturated heterocycles. The van der Waals surface area contributed by atoms with Gasteiger partial charge >= 0.3 is 11.9 Å². The summed E-state index contributed by atoms with van der Waals surface area (Å²) in [6.45, 7) is 3.20. The fourth-order valence-electron chi connectivity index (χ4n) is 4.94. The quantitative estimate of drug-likeness (QED) is 0.0526. The minimum atomic E-state index is -0.0882. The zero-order valence-electron chi connectivity index (χ0n) is 26.5. The molecule has 0 radical (unpaired) electrons. The second kappa shape index (κ2) is 29.6. The number of hydrogen-bond acceptors (Lipinski definition) is 5. The van der Waals surface area contributed by atoms with Gasteiger partial charge in [0, 0.05) is 12.8 Å². The number of rotatable bonds is 29. The fourth-order valence-corrected chi connectivity index (χ4v) is 4.94. The lowest BCUT2D eigenvalue weighted by molar-refractivity contribution is -0.150. The molecular formula is C34H65NO4. The Balaban J connectivity index is 3.81. The van der Waals surface area contributed by atoms with Crippen LogP contribution in [0.2, 0.25) is 0 Å². The molecule has 0 aromatic carbocycles. The summed E-state index contributed by atoms with van der Waals surface area (Å²) < 4.78 is 10.6. The van der Waals surface area contributed by atoms with Gasteiger partial charge in [-0.15, -0.1) is 0 Å². The van der Waals surface area contributed by atoms with E-state index in [0.717, 1.165) is 38.6 Å². The Morgan fingerprint density at radius 3 is 1.59 bits per heavy atom. The van der Waals surface area contributed by atoms with Gasteiger partial charge in [-0.1, -0.05) is 96.1 Å². The highest BCUT2D eigenvalue weighted by Gasteiger charge is 2.14. The Morgan fingerprint density at radius 2 is 1.08 bits per heavy atom. The lowest BCUT2D eigenvalue weighted by Crippen LogP contribution is -2.20. The number of carbonyl (C=O) groups excluding carboxylic acids is 2. The number of unbranched alkanes of at least 4 members (excludes halogenated alkanes) is 16. The largest absolute Gasteiger partial charge is 0.469 e. The average Bonchev–Trinajstić information content (AvgIpc) is 2.91. The number of allylic oxidation sites excluding steroid dienone is 2. The molecule has 0 amide bonds. The number of nitrogens with zero attached hydrogens (tertiary/aromatic N) is 1. The third-order valence-corrected chi connectivity index (χ3v) is 7.46. The van der Waals surface area contributed by atoms with E-state index in [0.29, 0.717) is 12.8 Å². The van der Waals surface area contributed by atoms with Gasteiger partial charge in [-0.2, -0.15) is 0 Å². The molecule has 0 spiro atoms. The zero-order chi connectivity index (χ0) is 28.8. The van der Waals surface area contributed by atoms with Crippen LogP contribution in [0.25, 0.3) is 0 Å². The van der Waals surface area contributed by atoms with Crippen molar-refractivity contribution in [3.05, 3.63) is 12.2 Å². The summed E-state index contributed by atoms with van der Waals surface area (Å²) in [6.07, 6.45) is 32.4. The van der Waals surface area contributed by atoms with Crippen molar-refractivity contribution in [1.29, 1.82) is 0 Å². The molecule has 0 saturated carbocycles. The number of carbonyl (C=O) groups is 2. The molecule has 0 aliphatic heterocycles. The molecule has 1 atom stereocenters. The molecule has 0 fully saturated rings. The maximum atomic E-state index is 12.4. The molecule has 0 aliphatic carbocycles. The van der Waals surface area contributed by atoms with Gasteiger partial charge in [-0.05, 0) is 84.8 Å². The molecular weight excluding hydrogens is 486 g/mol. The van der Waals surface area contributed by atoms with Crippen LogP contribution in [0.3, 0.4) is 0 Å². The SMILES string of the molecule is CCCCCCCCC(CCCCCCCC/C=C\CCCCCCCC(=O)OC)OC(=O)CCCN(C)C. The van der Waals surface area contributed by atoms with Gasteiger partial charge in [-0.25, -0.2) is 0 Å². The minimum Gasteiger partial charge on any atom is -0.469 e. The topological polar surface area (TPSA) is 55.8 Å². The highest BCUT2D eigenvalue weighted by atomic mass is 16.5. The summed E-state index contributed by atoms with van der Waals surface area (Å²) in [5.41, 5.74) is 0. The first-order valence-corrected chi connectivity index (χ1v) is 16.6. The summed E-state index contributed by atoms with van der Waals surface area (Å²) in [5.74, 6) is -0.0914. The molecule has 39 heavy (non-hydrogen) atoms. The summed E-state index contributed by atoms with van der Waals surface area (Å²) in [5, 5.41) is 0. The first-order chi connectivity index (χ1) is 19.0. The summed E-state index contributed by atoms with van der Waals surface area (Å²) >= 11 is 0. The van der Waals surface area contributed by atoms with Crippen molar-refractivity contribution in [2.75, 3.05) is 27.7 Å². The molecule has 0 aliphatic rings. The van der Waals surface area contributed by atoms with E-state index >= 15 is 0 Å². The smallest absolute Gasteiger partial charge is 0.306 e. The van der Waals surface area contributed by atoms with E-state index < -0.39 is 0 Å². The van der Waals surface area contributed by atoms with Crippen molar-refractivity contribution < 1.29 is 19.1 Å². The van der Waals surface area contributed by atoms with E-state index in [9.17, 15) is 9.59 Å². The van der Waals surface area contributed by atoms with Crippen LogP contribution in [0, 0.1) is 0 Å². The predicted octanol–water partition coefficient (Wildman–Crippen LogP) is 9.57. The highest BCUT2D eigenvalue weighted by Crippen LogP contribution is 2.18. The summed E-state index contributed by atoms with van der Waals surface area (Å²) in [6, 6.07) is 0. The van der Waals surface area contributed by atoms with Crippen LogP contribution in [0.5, 0.6) is 0 Å². The predicted molar refractivity (Wildman–Crippen MR) is 166 cm³/mol. The Labute approximate surface area is 242 Å². The van der Waals surface area contributed by atoms with Crippen LogP contribution in [-0.2, 0) is 19.1 Å². The fraction of sp³-hybridized carbons (Fsp3) is 0.882. The number of methoxy groups -OCH3 is 1. The lowest BCUT2D eigenvalue weighted by atomic mass is 10.0. The third-order valence-electron chi connectivity index (χ3n) is 7.46. The Hall–Kier alpha value is -1.36. The number of ether oxygens (including phenoxy) is 2. The van der Waals surface area contributed by atoms with Crippen molar-refractivity contribution in [3.8, 4) is 0 Å². The van der Waals surface area contributed by atoms with Gasteiger partial charge in [0.2, 0.25) is 0 Å². The highest BCUT2D eigenvalue weighted by molar-refractivity contribution is 5.69. The van der Waals surface area contributed by atoms with Gasteiger partial charge in [0.1, 0.15) is 6.10 Å². The van der Waals surface area contributed by atoms with Crippen LogP contribution >= 0.6 is 0 Å². The Morgan fingerprint density at radius 1 is 0.615 bits per heavy atom. The van der Waals surface area contributed by atoms with E-state index in [1.54, 1.807) is 0 Å². The van der Waals surface area contributed by atoms with Crippen molar-refractivity contribution in [2.45, 2.75) is 167 Å². The zero-order valence-corrected chi connectivity index (χ0v) is 26.5. The first kappa shape index (κ1) is 37.6. The van der Waals surface area contributed by atoms with Crippen LogP contribution in [-0.4, -0.2) is 50.7 Å². The lowest BCUT2D eigenvalue weighted by Gasteiger charge is -2.18. The number of esters is 2. The van der Waals surface area contributed by atoms with Crippen molar-refractivity contribution in [3.63, 3.8) is 0 Å². The van der Waals surface area contributed by atoms with Gasteiger partial charge in [0.05, 0.1) is 7.11 Å². The van der Waals surface area contributed by atoms with Crippen LogP contribution in [0.15, 0.2) is 12.2 Å².